The van der Waals surface area contributed by atoms with E-state index in [9.17, 15) is 9.59 Å². The minimum absolute atomic E-state index is 0.00752. The summed E-state index contributed by atoms with van der Waals surface area (Å²) < 4.78 is 1.90. The number of allylic oxidation sites excluding steroid dienone is 2. The Morgan fingerprint density at radius 1 is 1.17 bits per heavy atom. The van der Waals surface area contributed by atoms with Crippen LogP contribution in [0.2, 0.25) is 0 Å². The number of fused-ring (bicyclic) bond motifs is 5. The molecule has 0 spiro atoms. The fourth-order valence-electron chi connectivity index (χ4n) is 5.27. The summed E-state index contributed by atoms with van der Waals surface area (Å²) in [6, 6.07) is 0. The lowest BCUT2D eigenvalue weighted by Gasteiger charge is -2.18. The third-order valence-electron chi connectivity index (χ3n) is 6.82. The summed E-state index contributed by atoms with van der Waals surface area (Å²) >= 11 is 0. The molecule has 162 valence electrons. The number of amides is 2. The number of carbonyl (C=O) groups is 2. The zero-order valence-electron chi connectivity index (χ0n) is 18.3. The Labute approximate surface area is 177 Å². The van der Waals surface area contributed by atoms with Gasteiger partial charge in [-0.05, 0) is 51.0 Å². The quantitative estimate of drug-likeness (QED) is 0.301. The monoisotopic (exact) mass is 412 g/mol. The van der Waals surface area contributed by atoms with Gasteiger partial charge in [0.2, 0.25) is 11.8 Å². The summed E-state index contributed by atoms with van der Waals surface area (Å²) in [5.74, 6) is 0.986. The number of imide groups is 1. The third-order valence-corrected chi connectivity index (χ3v) is 6.82. The normalized spacial score (nSPS) is 27.3. The van der Waals surface area contributed by atoms with Crippen molar-refractivity contribution in [3.8, 4) is 0 Å². The van der Waals surface area contributed by atoms with Crippen molar-refractivity contribution >= 4 is 17.8 Å². The van der Waals surface area contributed by atoms with Crippen LogP contribution in [0.3, 0.4) is 0 Å². The SMILES string of the molecule is CCNC(=NCCc1c(C)nn(C)c1C)NCCN1C(=O)C2C3C=CC(C3)C2C1=O. The molecule has 8 nitrogen and oxygen atoms in total. The molecule has 30 heavy (non-hydrogen) atoms. The van der Waals surface area contributed by atoms with E-state index in [4.69, 9.17) is 0 Å². The summed E-state index contributed by atoms with van der Waals surface area (Å²) in [5, 5.41) is 11.0. The lowest BCUT2D eigenvalue weighted by Crippen LogP contribution is -2.43. The van der Waals surface area contributed by atoms with E-state index < -0.39 is 0 Å². The van der Waals surface area contributed by atoms with Gasteiger partial charge in [0, 0.05) is 38.9 Å². The first-order valence-corrected chi connectivity index (χ1v) is 11.0. The van der Waals surface area contributed by atoms with E-state index in [-0.39, 0.29) is 35.5 Å². The number of aryl methyl sites for hydroxylation is 2. The summed E-state index contributed by atoms with van der Waals surface area (Å²) in [6.07, 6.45) is 6.04. The van der Waals surface area contributed by atoms with E-state index in [0.717, 1.165) is 25.1 Å². The van der Waals surface area contributed by atoms with Crippen LogP contribution < -0.4 is 10.6 Å². The minimum Gasteiger partial charge on any atom is -0.357 e. The van der Waals surface area contributed by atoms with Crippen LogP contribution in [0, 0.1) is 37.5 Å². The van der Waals surface area contributed by atoms with Crippen LogP contribution in [0.15, 0.2) is 17.1 Å². The highest BCUT2D eigenvalue weighted by Crippen LogP contribution is 2.52. The van der Waals surface area contributed by atoms with Crippen molar-refractivity contribution in [3.63, 3.8) is 0 Å². The molecule has 1 aromatic rings. The van der Waals surface area contributed by atoms with Crippen LogP contribution in [0.5, 0.6) is 0 Å². The Kier molecular flexibility index (Phi) is 5.66. The number of guanidine groups is 1. The molecule has 8 heteroatoms. The fraction of sp³-hybridized carbons (Fsp3) is 0.636. The topological polar surface area (TPSA) is 91.6 Å². The second kappa shape index (κ2) is 8.24. The van der Waals surface area contributed by atoms with Crippen LogP contribution in [-0.2, 0) is 23.1 Å². The molecule has 2 amide bonds. The number of aliphatic imine (C=N–C) groups is 1. The molecule has 2 fully saturated rings. The number of hydrogen-bond donors (Lipinski definition) is 2. The van der Waals surface area contributed by atoms with Gasteiger partial charge in [0.15, 0.2) is 5.96 Å². The van der Waals surface area contributed by atoms with E-state index in [1.165, 1.54) is 16.2 Å². The number of carbonyl (C=O) groups excluding carboxylic acids is 2. The maximum absolute atomic E-state index is 12.8. The predicted octanol–water partition coefficient (Wildman–Crippen LogP) is 0.942. The average Bonchev–Trinajstić information content (AvgIpc) is 3.44. The molecule has 0 aromatic carbocycles. The van der Waals surface area contributed by atoms with E-state index in [2.05, 4.69) is 39.8 Å². The zero-order valence-corrected chi connectivity index (χ0v) is 18.3. The second-order valence-corrected chi connectivity index (χ2v) is 8.54. The van der Waals surface area contributed by atoms with Gasteiger partial charge in [-0.2, -0.15) is 5.10 Å². The second-order valence-electron chi connectivity index (χ2n) is 8.54. The molecule has 3 aliphatic rings. The molecule has 1 aromatic heterocycles. The Morgan fingerprint density at radius 3 is 2.40 bits per heavy atom. The first kappa shape index (κ1) is 20.6. The summed E-state index contributed by atoms with van der Waals surface area (Å²) in [7, 11) is 1.96. The number of nitrogens with zero attached hydrogens (tertiary/aromatic N) is 4. The lowest BCUT2D eigenvalue weighted by atomic mass is 9.85. The summed E-state index contributed by atoms with van der Waals surface area (Å²) in [4.78, 5) is 31.7. The number of aromatic nitrogens is 2. The van der Waals surface area contributed by atoms with Crippen molar-refractivity contribution in [1.29, 1.82) is 0 Å². The van der Waals surface area contributed by atoms with Crippen molar-refractivity contribution in [2.45, 2.75) is 33.6 Å². The Bertz CT molecular complexity index is 872. The highest BCUT2D eigenvalue weighted by Gasteiger charge is 2.58. The van der Waals surface area contributed by atoms with Gasteiger partial charge < -0.3 is 10.6 Å². The predicted molar refractivity (Wildman–Crippen MR) is 115 cm³/mol. The van der Waals surface area contributed by atoms with Gasteiger partial charge in [-0.15, -0.1) is 0 Å². The Balaban J connectivity index is 1.30. The smallest absolute Gasteiger partial charge is 0.233 e. The lowest BCUT2D eigenvalue weighted by molar-refractivity contribution is -0.140. The first-order chi connectivity index (χ1) is 14.4. The highest BCUT2D eigenvalue weighted by atomic mass is 16.2. The number of hydrogen-bond acceptors (Lipinski definition) is 4. The maximum atomic E-state index is 12.8. The molecule has 1 saturated heterocycles. The third kappa shape index (κ3) is 3.52. The molecular weight excluding hydrogens is 380 g/mol. The van der Waals surface area contributed by atoms with Crippen molar-refractivity contribution in [2.75, 3.05) is 26.2 Å². The average molecular weight is 413 g/mol. The molecule has 0 radical (unpaired) electrons. The van der Waals surface area contributed by atoms with Crippen LogP contribution in [-0.4, -0.2) is 58.6 Å². The molecule has 2 N–H and O–H groups in total. The fourth-order valence-corrected chi connectivity index (χ4v) is 5.27. The van der Waals surface area contributed by atoms with Gasteiger partial charge >= 0.3 is 0 Å². The highest BCUT2D eigenvalue weighted by molar-refractivity contribution is 6.06. The molecule has 1 saturated carbocycles. The largest absolute Gasteiger partial charge is 0.357 e. The molecule has 2 heterocycles. The standard InChI is InChI=1S/C22H32N6O2/c1-5-23-22(24-9-8-17-13(2)26-27(4)14(17)3)25-10-11-28-20(29)18-15-6-7-16(12-15)19(18)21(28)30/h6-7,15-16,18-19H,5,8-12H2,1-4H3,(H2,23,24,25). The molecule has 4 unspecified atom stereocenters. The van der Waals surface area contributed by atoms with Crippen molar-refractivity contribution < 1.29 is 9.59 Å². The van der Waals surface area contributed by atoms with Crippen molar-refractivity contribution in [1.82, 2.24) is 25.3 Å². The molecule has 1 aliphatic heterocycles. The molecule has 4 atom stereocenters. The summed E-state index contributed by atoms with van der Waals surface area (Å²) in [5.41, 5.74) is 3.45. The van der Waals surface area contributed by atoms with Crippen molar-refractivity contribution in [2.24, 2.45) is 35.7 Å². The number of nitrogens with one attached hydrogen (secondary N) is 2. The Morgan fingerprint density at radius 2 is 1.83 bits per heavy atom. The van der Waals surface area contributed by atoms with Gasteiger partial charge in [-0.3, -0.25) is 24.2 Å². The van der Waals surface area contributed by atoms with Crippen LogP contribution in [0.4, 0.5) is 0 Å². The Hall–Kier alpha value is -2.64. The van der Waals surface area contributed by atoms with Crippen LogP contribution >= 0.6 is 0 Å². The molecule has 2 aliphatic carbocycles. The van der Waals surface area contributed by atoms with Gasteiger partial charge in [0.25, 0.3) is 0 Å². The molecule has 4 rings (SSSR count). The van der Waals surface area contributed by atoms with Gasteiger partial charge in [-0.1, -0.05) is 12.2 Å². The van der Waals surface area contributed by atoms with Crippen LogP contribution in [0.25, 0.3) is 0 Å². The zero-order chi connectivity index (χ0) is 21.4. The van der Waals surface area contributed by atoms with E-state index >= 15 is 0 Å². The van der Waals surface area contributed by atoms with E-state index in [0.29, 0.717) is 25.6 Å². The van der Waals surface area contributed by atoms with Crippen molar-refractivity contribution in [3.05, 3.63) is 29.1 Å². The van der Waals surface area contributed by atoms with Crippen LogP contribution in [0.1, 0.15) is 30.3 Å². The molecule has 2 bridgehead atoms. The van der Waals surface area contributed by atoms with Gasteiger partial charge in [0.1, 0.15) is 0 Å². The van der Waals surface area contributed by atoms with Gasteiger partial charge in [0.05, 0.1) is 17.5 Å². The number of likely N-dealkylation sites (tertiary alicyclic amines) is 1. The van der Waals surface area contributed by atoms with E-state index in [1.807, 2.05) is 25.6 Å². The van der Waals surface area contributed by atoms with E-state index in [1.54, 1.807) is 0 Å². The summed E-state index contributed by atoms with van der Waals surface area (Å²) in [6.45, 7) is 8.39. The molecular formula is C22H32N6O2. The first-order valence-electron chi connectivity index (χ1n) is 11.0. The van der Waals surface area contributed by atoms with Gasteiger partial charge in [-0.25, -0.2) is 0 Å². The maximum Gasteiger partial charge on any atom is 0.233 e. The number of rotatable bonds is 7. The minimum atomic E-state index is -0.125.